The molecule has 2 N–H and O–H groups in total. The molecular formula is C37H42N6O6. The Morgan fingerprint density at radius 1 is 0.816 bits per heavy atom. The van der Waals surface area contributed by atoms with Gasteiger partial charge >= 0.3 is 6.03 Å². The Morgan fingerprint density at radius 2 is 1.57 bits per heavy atom. The molecular weight excluding hydrogens is 624 g/mol. The number of rotatable bonds is 10. The minimum Gasteiger partial charge on any atom is -0.490 e. The third kappa shape index (κ3) is 7.76. The van der Waals surface area contributed by atoms with E-state index in [9.17, 15) is 19.2 Å². The number of H-pyrrole nitrogens is 1. The van der Waals surface area contributed by atoms with Crippen molar-refractivity contribution in [3.8, 4) is 16.9 Å². The second kappa shape index (κ2) is 14.8. The van der Waals surface area contributed by atoms with Crippen molar-refractivity contribution in [3.05, 3.63) is 93.5 Å². The molecule has 3 fully saturated rings. The summed E-state index contributed by atoms with van der Waals surface area (Å²) in [5.41, 5.74) is 2.27. The topological polar surface area (TPSA) is 139 Å². The van der Waals surface area contributed by atoms with E-state index in [0.29, 0.717) is 24.0 Å². The molecule has 12 heteroatoms. The number of aromatic amines is 1. The van der Waals surface area contributed by atoms with Gasteiger partial charge in [0, 0.05) is 75.1 Å². The van der Waals surface area contributed by atoms with Crippen LogP contribution in [0.2, 0.25) is 0 Å². The summed E-state index contributed by atoms with van der Waals surface area (Å²) in [5, 5.41) is 3.76. The fourth-order valence-electron chi connectivity index (χ4n) is 7.16. The highest BCUT2D eigenvalue weighted by atomic mass is 16.5. The van der Waals surface area contributed by atoms with Gasteiger partial charge in [-0.05, 0) is 73.7 Å². The summed E-state index contributed by atoms with van der Waals surface area (Å²) >= 11 is 0. The second-order valence-electron chi connectivity index (χ2n) is 13.2. The van der Waals surface area contributed by atoms with Crippen molar-refractivity contribution in [2.75, 3.05) is 26.2 Å². The summed E-state index contributed by atoms with van der Waals surface area (Å²) in [6, 6.07) is 13.1. The standard InChI is InChI=1S/C37H42N6O6/c44-34-14-19-43(37(47)40-34)24-26-2-1-16-42(36(26)46)21-20-41-17-12-30(13-18-41)49-29-9-7-28(8-10-29)48-27-5-3-25(4-6-27)32-23-39-35(45)33-22-38-15-11-31(32)33/h1-6,11,15-16,22-23,28-30H,7-10,12-14,17-21,24H2,(H,39,45)(H,40,44,47)/t28-,29+. The number of ether oxygens (including phenoxy) is 2. The van der Waals surface area contributed by atoms with Gasteiger partial charge in [0.2, 0.25) is 5.91 Å². The normalized spacial score (nSPS) is 20.8. The fourth-order valence-corrected chi connectivity index (χ4v) is 7.16. The van der Waals surface area contributed by atoms with Crippen LogP contribution >= 0.6 is 0 Å². The molecule has 0 unspecified atom stereocenters. The first-order chi connectivity index (χ1) is 23.9. The number of urea groups is 1. The Kier molecular flexibility index (Phi) is 9.85. The molecule has 4 aromatic rings. The van der Waals surface area contributed by atoms with Gasteiger partial charge in [-0.25, -0.2) is 4.79 Å². The van der Waals surface area contributed by atoms with E-state index < -0.39 is 6.03 Å². The van der Waals surface area contributed by atoms with Gasteiger partial charge in [0.25, 0.3) is 11.1 Å². The van der Waals surface area contributed by atoms with Gasteiger partial charge in [0.15, 0.2) is 0 Å². The Labute approximate surface area is 284 Å². The number of amides is 3. The summed E-state index contributed by atoms with van der Waals surface area (Å²) < 4.78 is 14.6. The number of carbonyl (C=O) groups excluding carboxylic acids is 2. The number of hydrogen-bond acceptors (Lipinski definition) is 8. The largest absolute Gasteiger partial charge is 0.490 e. The maximum Gasteiger partial charge on any atom is 0.324 e. The molecule has 1 saturated carbocycles. The molecule has 0 atom stereocenters. The molecule has 2 aliphatic heterocycles. The van der Waals surface area contributed by atoms with Crippen molar-refractivity contribution < 1.29 is 19.1 Å². The van der Waals surface area contributed by atoms with E-state index in [1.165, 1.54) is 4.90 Å². The van der Waals surface area contributed by atoms with E-state index in [-0.39, 0.29) is 48.3 Å². The van der Waals surface area contributed by atoms with E-state index in [4.69, 9.17) is 9.47 Å². The van der Waals surface area contributed by atoms with Crippen molar-refractivity contribution >= 4 is 22.7 Å². The number of aromatic nitrogens is 3. The predicted molar refractivity (Wildman–Crippen MR) is 184 cm³/mol. The van der Waals surface area contributed by atoms with E-state index in [1.807, 2.05) is 36.4 Å². The van der Waals surface area contributed by atoms with Crippen LogP contribution in [0.4, 0.5) is 4.79 Å². The van der Waals surface area contributed by atoms with Gasteiger partial charge in [-0.15, -0.1) is 0 Å². The number of hydrogen-bond donors (Lipinski definition) is 2. The van der Waals surface area contributed by atoms with Crippen LogP contribution in [0.3, 0.4) is 0 Å². The van der Waals surface area contributed by atoms with Gasteiger partial charge in [0.1, 0.15) is 5.75 Å². The van der Waals surface area contributed by atoms with E-state index in [2.05, 4.69) is 20.2 Å². The lowest BCUT2D eigenvalue weighted by Crippen LogP contribution is -2.49. The van der Waals surface area contributed by atoms with Crippen LogP contribution in [0.25, 0.3) is 21.9 Å². The van der Waals surface area contributed by atoms with Crippen LogP contribution in [0, 0.1) is 0 Å². The molecule has 1 aromatic carbocycles. The van der Waals surface area contributed by atoms with Gasteiger partial charge in [-0.2, -0.15) is 0 Å². The predicted octanol–water partition coefficient (Wildman–Crippen LogP) is 4.06. The maximum atomic E-state index is 13.1. The van der Waals surface area contributed by atoms with Gasteiger partial charge in [-0.3, -0.25) is 24.7 Å². The van der Waals surface area contributed by atoms with Crippen LogP contribution in [-0.4, -0.2) is 80.8 Å². The van der Waals surface area contributed by atoms with Gasteiger partial charge in [-0.1, -0.05) is 18.2 Å². The zero-order valence-electron chi connectivity index (χ0n) is 27.5. The summed E-state index contributed by atoms with van der Waals surface area (Å²) in [6.07, 6.45) is 13.6. The van der Waals surface area contributed by atoms with E-state index >= 15 is 0 Å². The lowest BCUT2D eigenvalue weighted by molar-refractivity contribution is -0.121. The molecule has 12 nitrogen and oxygen atoms in total. The monoisotopic (exact) mass is 666 g/mol. The number of piperidine rings is 1. The number of nitrogens with one attached hydrogen (secondary N) is 2. The molecule has 256 valence electrons. The third-order valence-electron chi connectivity index (χ3n) is 9.97. The van der Waals surface area contributed by atoms with Crippen molar-refractivity contribution in [1.82, 2.24) is 29.7 Å². The first-order valence-corrected chi connectivity index (χ1v) is 17.3. The molecule has 7 rings (SSSR count). The fraction of sp³-hybridized carbons (Fsp3) is 0.432. The molecule has 3 aromatic heterocycles. The average molecular weight is 667 g/mol. The minimum atomic E-state index is -0.447. The highest BCUT2D eigenvalue weighted by Gasteiger charge is 2.28. The number of nitrogens with zero attached hydrogens (tertiary/aromatic N) is 4. The summed E-state index contributed by atoms with van der Waals surface area (Å²) in [7, 11) is 0. The first-order valence-electron chi connectivity index (χ1n) is 17.3. The molecule has 0 spiro atoms. The number of fused-ring (bicyclic) bond motifs is 1. The first kappa shape index (κ1) is 32.7. The third-order valence-corrected chi connectivity index (χ3v) is 9.97. The van der Waals surface area contributed by atoms with Crippen molar-refractivity contribution in [2.24, 2.45) is 0 Å². The average Bonchev–Trinajstić information content (AvgIpc) is 3.12. The molecule has 5 heterocycles. The van der Waals surface area contributed by atoms with Crippen molar-refractivity contribution in [1.29, 1.82) is 0 Å². The molecule has 0 radical (unpaired) electrons. The lowest BCUT2D eigenvalue weighted by atomic mass is 9.94. The Hall–Kier alpha value is -4.81. The summed E-state index contributed by atoms with van der Waals surface area (Å²) in [6.45, 7) is 3.73. The quantitative estimate of drug-likeness (QED) is 0.259. The molecule has 1 aliphatic carbocycles. The number of likely N-dealkylation sites (tertiary alicyclic amines) is 1. The van der Waals surface area contributed by atoms with Crippen LogP contribution < -0.4 is 21.2 Å². The van der Waals surface area contributed by atoms with Gasteiger partial charge < -0.3 is 28.8 Å². The number of pyridine rings is 3. The number of benzene rings is 1. The van der Waals surface area contributed by atoms with Crippen molar-refractivity contribution in [2.45, 2.75) is 76.3 Å². The van der Waals surface area contributed by atoms with Crippen molar-refractivity contribution in [3.63, 3.8) is 0 Å². The lowest BCUT2D eigenvalue weighted by Gasteiger charge is -2.36. The molecule has 2 saturated heterocycles. The SMILES string of the molecule is O=C1CCN(Cc2cccn(CCN3CCC(O[C@H]4CC[C@@H](Oc5ccc(-c6c[nH]c(=O)c7cnccc67)cc5)CC4)CC3)c2=O)C(=O)N1. The molecule has 3 aliphatic rings. The Balaban J connectivity index is 0.828. The van der Waals surface area contributed by atoms with Crippen LogP contribution in [0.15, 0.2) is 76.8 Å². The molecule has 0 bridgehead atoms. The molecule has 3 amide bonds. The Morgan fingerprint density at radius 3 is 2.35 bits per heavy atom. The maximum absolute atomic E-state index is 13.1. The number of carbonyl (C=O) groups is 2. The zero-order chi connectivity index (χ0) is 33.7. The highest BCUT2D eigenvalue weighted by Crippen LogP contribution is 2.31. The van der Waals surface area contributed by atoms with Crippen LogP contribution in [0.1, 0.15) is 50.5 Å². The minimum absolute atomic E-state index is 0.0977. The summed E-state index contributed by atoms with van der Waals surface area (Å²) in [4.78, 5) is 59.6. The zero-order valence-corrected chi connectivity index (χ0v) is 27.5. The van der Waals surface area contributed by atoms with Gasteiger partial charge in [0.05, 0.1) is 30.2 Å². The van der Waals surface area contributed by atoms with Crippen LogP contribution in [-0.2, 0) is 22.6 Å². The van der Waals surface area contributed by atoms with Crippen LogP contribution in [0.5, 0.6) is 5.75 Å². The van der Waals surface area contributed by atoms with E-state index in [1.54, 1.807) is 35.4 Å². The molecule has 49 heavy (non-hydrogen) atoms. The Bertz CT molecular complexity index is 1910. The second-order valence-corrected chi connectivity index (χ2v) is 13.2. The highest BCUT2D eigenvalue weighted by molar-refractivity contribution is 5.96. The summed E-state index contributed by atoms with van der Waals surface area (Å²) in [5.74, 6) is 0.563. The smallest absolute Gasteiger partial charge is 0.324 e. The number of imide groups is 1. The van der Waals surface area contributed by atoms with E-state index in [0.717, 1.165) is 80.4 Å².